The summed E-state index contributed by atoms with van der Waals surface area (Å²) >= 11 is 17.6. The first-order chi connectivity index (χ1) is 9.70. The number of nitrogens with two attached hydrogens (primary N) is 1. The van der Waals surface area contributed by atoms with E-state index in [1.807, 2.05) is 0 Å². The van der Waals surface area contributed by atoms with Crippen molar-refractivity contribution in [1.82, 2.24) is 0 Å². The fourth-order valence-electron chi connectivity index (χ4n) is 1.73. The average molecular weight is 366 g/mol. The van der Waals surface area contributed by atoms with Crippen molar-refractivity contribution in [2.45, 2.75) is 11.8 Å². The number of hydrogen-bond donors (Lipinski definition) is 2. The maximum absolute atomic E-state index is 12.4. The van der Waals surface area contributed by atoms with Gasteiger partial charge in [-0.05, 0) is 42.8 Å². The third-order valence-corrected chi connectivity index (χ3v) is 5.09. The Labute approximate surface area is 137 Å². The van der Waals surface area contributed by atoms with Crippen molar-refractivity contribution in [3.63, 3.8) is 0 Å². The second kappa shape index (κ2) is 5.93. The number of nitrogens with one attached hydrogen (secondary N) is 1. The predicted octanol–water partition coefficient (Wildman–Crippen LogP) is 4.34. The summed E-state index contributed by atoms with van der Waals surface area (Å²) < 4.78 is 27.3. The highest BCUT2D eigenvalue weighted by Crippen LogP contribution is 2.30. The zero-order valence-electron chi connectivity index (χ0n) is 10.8. The van der Waals surface area contributed by atoms with Crippen molar-refractivity contribution in [2.75, 3.05) is 10.5 Å². The number of nitrogen functional groups attached to an aromatic ring is 1. The molecule has 0 radical (unpaired) electrons. The Morgan fingerprint density at radius 1 is 1.05 bits per heavy atom. The van der Waals surface area contributed by atoms with Crippen LogP contribution >= 0.6 is 34.8 Å². The molecule has 0 aliphatic carbocycles. The van der Waals surface area contributed by atoms with Crippen LogP contribution in [0.25, 0.3) is 0 Å². The average Bonchev–Trinajstić information content (AvgIpc) is 2.37. The molecule has 0 amide bonds. The fourth-order valence-corrected chi connectivity index (χ4v) is 3.91. The molecule has 21 heavy (non-hydrogen) atoms. The van der Waals surface area contributed by atoms with Crippen LogP contribution in [0.4, 0.5) is 11.4 Å². The number of anilines is 2. The van der Waals surface area contributed by atoms with E-state index < -0.39 is 10.0 Å². The number of rotatable bonds is 3. The van der Waals surface area contributed by atoms with Gasteiger partial charge in [0.25, 0.3) is 10.0 Å². The van der Waals surface area contributed by atoms with Crippen molar-refractivity contribution in [2.24, 2.45) is 0 Å². The quantitative estimate of drug-likeness (QED) is 0.795. The third kappa shape index (κ3) is 3.55. The normalized spacial score (nSPS) is 11.4. The SMILES string of the molecule is Cc1c(N)cc(Cl)cc1S(=O)(=O)Nc1ccc(Cl)cc1Cl. The molecule has 112 valence electrons. The second-order valence-corrected chi connectivity index (χ2v) is 7.28. The summed E-state index contributed by atoms with van der Waals surface area (Å²) in [5, 5.41) is 0.838. The van der Waals surface area contributed by atoms with Gasteiger partial charge in [-0.3, -0.25) is 4.72 Å². The van der Waals surface area contributed by atoms with Gasteiger partial charge in [-0.1, -0.05) is 34.8 Å². The van der Waals surface area contributed by atoms with E-state index in [0.717, 1.165) is 0 Å². The van der Waals surface area contributed by atoms with Gasteiger partial charge in [-0.2, -0.15) is 0 Å². The van der Waals surface area contributed by atoms with Crippen LogP contribution in [0, 0.1) is 6.92 Å². The Morgan fingerprint density at radius 2 is 1.71 bits per heavy atom. The summed E-state index contributed by atoms with van der Waals surface area (Å²) in [6.45, 7) is 1.60. The first-order valence-corrected chi connectivity index (χ1v) is 8.36. The Balaban J connectivity index is 2.48. The number of halogens is 3. The molecule has 0 aliphatic rings. The molecule has 0 aromatic heterocycles. The molecule has 0 bridgehead atoms. The Bertz CT molecular complexity index is 807. The van der Waals surface area contributed by atoms with Crippen LogP contribution in [0.5, 0.6) is 0 Å². The predicted molar refractivity (Wildman–Crippen MR) is 87.9 cm³/mol. The van der Waals surface area contributed by atoms with E-state index in [0.29, 0.717) is 16.3 Å². The maximum atomic E-state index is 12.4. The monoisotopic (exact) mass is 364 g/mol. The van der Waals surface area contributed by atoms with E-state index in [2.05, 4.69) is 4.72 Å². The van der Waals surface area contributed by atoms with Crippen molar-refractivity contribution in [1.29, 1.82) is 0 Å². The van der Waals surface area contributed by atoms with Gasteiger partial charge in [-0.25, -0.2) is 8.42 Å². The lowest BCUT2D eigenvalue weighted by Crippen LogP contribution is -2.15. The second-order valence-electron chi connectivity index (χ2n) is 4.35. The number of hydrogen-bond acceptors (Lipinski definition) is 3. The molecule has 0 saturated heterocycles. The Hall–Kier alpha value is -1.14. The summed E-state index contributed by atoms with van der Waals surface area (Å²) in [7, 11) is -3.87. The highest BCUT2D eigenvalue weighted by molar-refractivity contribution is 7.92. The lowest BCUT2D eigenvalue weighted by molar-refractivity contribution is 0.600. The first-order valence-electron chi connectivity index (χ1n) is 5.74. The topological polar surface area (TPSA) is 72.2 Å². The number of benzene rings is 2. The van der Waals surface area contributed by atoms with Gasteiger partial charge in [0.15, 0.2) is 0 Å². The van der Waals surface area contributed by atoms with Gasteiger partial charge in [-0.15, -0.1) is 0 Å². The highest BCUT2D eigenvalue weighted by Gasteiger charge is 2.20. The van der Waals surface area contributed by atoms with E-state index in [9.17, 15) is 8.42 Å². The molecular weight excluding hydrogens is 355 g/mol. The van der Waals surface area contributed by atoms with E-state index in [1.54, 1.807) is 6.92 Å². The Morgan fingerprint density at radius 3 is 2.33 bits per heavy atom. The van der Waals surface area contributed by atoms with Crippen LogP contribution in [0.1, 0.15) is 5.56 Å². The van der Waals surface area contributed by atoms with Crippen LogP contribution in [0.15, 0.2) is 35.2 Å². The molecule has 0 unspecified atom stereocenters. The lowest BCUT2D eigenvalue weighted by Gasteiger charge is -2.13. The summed E-state index contributed by atoms with van der Waals surface area (Å²) in [4.78, 5) is -0.00137. The van der Waals surface area contributed by atoms with Crippen molar-refractivity contribution in [3.8, 4) is 0 Å². The lowest BCUT2D eigenvalue weighted by atomic mass is 10.2. The molecular formula is C13H11Cl3N2O2S. The zero-order valence-corrected chi connectivity index (χ0v) is 13.9. The van der Waals surface area contributed by atoms with E-state index in [1.165, 1.54) is 30.3 Å². The minimum absolute atomic E-state index is 0.00137. The molecule has 2 aromatic rings. The summed E-state index contributed by atoms with van der Waals surface area (Å²) in [5.41, 5.74) is 6.67. The fraction of sp³-hybridized carbons (Fsp3) is 0.0769. The van der Waals surface area contributed by atoms with Gasteiger partial charge in [0.05, 0.1) is 15.6 Å². The standard InChI is InChI=1S/C13H11Cl3N2O2S/c1-7-11(17)5-9(15)6-13(7)21(19,20)18-12-3-2-8(14)4-10(12)16/h2-6,18H,17H2,1H3. The molecule has 3 N–H and O–H groups in total. The van der Waals surface area contributed by atoms with E-state index >= 15 is 0 Å². The van der Waals surface area contributed by atoms with Gasteiger partial charge in [0.1, 0.15) is 0 Å². The molecule has 4 nitrogen and oxygen atoms in total. The van der Waals surface area contributed by atoms with Gasteiger partial charge in [0.2, 0.25) is 0 Å². The van der Waals surface area contributed by atoms with Crippen molar-refractivity contribution < 1.29 is 8.42 Å². The van der Waals surface area contributed by atoms with Crippen molar-refractivity contribution in [3.05, 3.63) is 51.0 Å². The summed E-state index contributed by atoms with van der Waals surface area (Å²) in [6, 6.07) is 7.28. The molecule has 0 saturated carbocycles. The smallest absolute Gasteiger partial charge is 0.262 e. The van der Waals surface area contributed by atoms with E-state index in [-0.39, 0.29) is 20.6 Å². The van der Waals surface area contributed by atoms with Crippen LogP contribution < -0.4 is 10.5 Å². The van der Waals surface area contributed by atoms with E-state index in [4.69, 9.17) is 40.5 Å². The van der Waals surface area contributed by atoms with Crippen LogP contribution in [0.2, 0.25) is 15.1 Å². The van der Waals surface area contributed by atoms with Crippen LogP contribution in [-0.2, 0) is 10.0 Å². The number of sulfonamides is 1. The van der Waals surface area contributed by atoms with Gasteiger partial charge in [0, 0.05) is 15.7 Å². The Kier molecular flexibility index (Phi) is 4.58. The summed E-state index contributed by atoms with van der Waals surface area (Å²) in [5.74, 6) is 0. The molecule has 2 rings (SSSR count). The molecule has 0 fully saturated rings. The molecule has 0 spiro atoms. The molecule has 0 aliphatic heterocycles. The van der Waals surface area contributed by atoms with Gasteiger partial charge >= 0.3 is 0 Å². The molecule has 0 atom stereocenters. The molecule has 2 aromatic carbocycles. The summed E-state index contributed by atoms with van der Waals surface area (Å²) in [6.07, 6.45) is 0. The minimum atomic E-state index is -3.87. The maximum Gasteiger partial charge on any atom is 0.262 e. The van der Waals surface area contributed by atoms with Crippen molar-refractivity contribution >= 4 is 56.2 Å². The van der Waals surface area contributed by atoms with Gasteiger partial charge < -0.3 is 5.73 Å². The highest BCUT2D eigenvalue weighted by atomic mass is 35.5. The molecule has 0 heterocycles. The minimum Gasteiger partial charge on any atom is -0.398 e. The molecule has 8 heteroatoms. The largest absolute Gasteiger partial charge is 0.398 e. The van der Waals surface area contributed by atoms with Crippen LogP contribution in [-0.4, -0.2) is 8.42 Å². The van der Waals surface area contributed by atoms with Crippen LogP contribution in [0.3, 0.4) is 0 Å². The third-order valence-electron chi connectivity index (χ3n) is 2.83. The zero-order chi connectivity index (χ0) is 15.8. The first kappa shape index (κ1) is 16.2.